The van der Waals surface area contributed by atoms with Crippen LogP contribution in [0.2, 0.25) is 0 Å². The highest BCUT2D eigenvalue weighted by Crippen LogP contribution is 2.31. The van der Waals surface area contributed by atoms with Crippen LogP contribution in [-0.2, 0) is 19.6 Å². The average molecular weight is 445 g/mol. The SMILES string of the molecule is CCOc1ccc(OCCOC(=O)[C@H]2CCCN2C2=NS(=O)(=O)c3ccccc32)cc1. The highest BCUT2D eigenvalue weighted by Gasteiger charge is 2.39. The third-order valence-electron chi connectivity index (χ3n) is 5.14. The van der Waals surface area contributed by atoms with Gasteiger partial charge in [-0.05, 0) is 56.2 Å². The smallest absolute Gasteiger partial charge is 0.328 e. The minimum Gasteiger partial charge on any atom is -0.494 e. The van der Waals surface area contributed by atoms with E-state index in [1.807, 2.05) is 19.1 Å². The first-order valence-electron chi connectivity index (χ1n) is 10.2. The summed E-state index contributed by atoms with van der Waals surface area (Å²) in [7, 11) is -3.73. The molecule has 2 aliphatic rings. The Balaban J connectivity index is 1.34. The summed E-state index contributed by atoms with van der Waals surface area (Å²) in [4.78, 5) is 14.6. The quantitative estimate of drug-likeness (QED) is 0.479. The van der Waals surface area contributed by atoms with Gasteiger partial charge in [-0.25, -0.2) is 4.79 Å². The summed E-state index contributed by atoms with van der Waals surface area (Å²) in [5.74, 6) is 1.34. The predicted molar refractivity (Wildman–Crippen MR) is 114 cm³/mol. The Hall–Kier alpha value is -3.07. The van der Waals surface area contributed by atoms with Gasteiger partial charge in [0, 0.05) is 12.1 Å². The number of amidine groups is 1. The van der Waals surface area contributed by atoms with E-state index in [1.165, 1.54) is 6.07 Å². The molecule has 0 aromatic heterocycles. The van der Waals surface area contributed by atoms with Crippen molar-refractivity contribution in [2.45, 2.75) is 30.7 Å². The molecular formula is C22H24N2O6S. The minimum absolute atomic E-state index is 0.0950. The first kappa shape index (κ1) is 21.2. The van der Waals surface area contributed by atoms with Crippen LogP contribution >= 0.6 is 0 Å². The van der Waals surface area contributed by atoms with E-state index in [4.69, 9.17) is 14.2 Å². The summed E-state index contributed by atoms with van der Waals surface area (Å²) in [6.07, 6.45) is 1.34. The van der Waals surface area contributed by atoms with Gasteiger partial charge in [-0.3, -0.25) is 0 Å². The number of sulfonamides is 1. The lowest BCUT2D eigenvalue weighted by Gasteiger charge is -2.24. The lowest BCUT2D eigenvalue weighted by atomic mass is 10.1. The lowest BCUT2D eigenvalue weighted by molar-refractivity contribution is -0.148. The number of rotatable bonds is 7. The van der Waals surface area contributed by atoms with Crippen LogP contribution in [0.4, 0.5) is 0 Å². The second-order valence-electron chi connectivity index (χ2n) is 7.16. The number of ether oxygens (including phenoxy) is 3. The Morgan fingerprint density at radius 3 is 2.52 bits per heavy atom. The van der Waals surface area contributed by atoms with Crippen LogP contribution in [-0.4, -0.2) is 57.5 Å². The molecule has 8 nitrogen and oxygen atoms in total. The molecule has 0 amide bonds. The van der Waals surface area contributed by atoms with E-state index in [-0.39, 0.29) is 18.1 Å². The van der Waals surface area contributed by atoms with Crippen LogP contribution in [0.1, 0.15) is 25.3 Å². The number of nitrogens with zero attached hydrogens (tertiary/aromatic N) is 2. The summed E-state index contributed by atoms with van der Waals surface area (Å²) < 4.78 is 45.0. The van der Waals surface area contributed by atoms with Crippen molar-refractivity contribution in [3.05, 3.63) is 54.1 Å². The van der Waals surface area contributed by atoms with Crippen molar-refractivity contribution in [2.75, 3.05) is 26.4 Å². The summed E-state index contributed by atoms with van der Waals surface area (Å²) in [5, 5.41) is 0. The Bertz CT molecular complexity index is 1080. The third kappa shape index (κ3) is 4.51. The van der Waals surface area contributed by atoms with Crippen molar-refractivity contribution < 1.29 is 27.4 Å². The number of benzene rings is 2. The number of hydrogen-bond donors (Lipinski definition) is 0. The molecule has 164 valence electrons. The van der Waals surface area contributed by atoms with Crippen molar-refractivity contribution in [3.63, 3.8) is 0 Å². The number of carbonyl (C=O) groups excluding carboxylic acids is 1. The van der Waals surface area contributed by atoms with E-state index in [0.717, 1.165) is 12.2 Å². The molecule has 2 aromatic carbocycles. The molecular weight excluding hydrogens is 420 g/mol. The Morgan fingerprint density at radius 1 is 1.06 bits per heavy atom. The van der Waals surface area contributed by atoms with Crippen molar-refractivity contribution in [3.8, 4) is 11.5 Å². The molecule has 0 aliphatic carbocycles. The van der Waals surface area contributed by atoms with Crippen LogP contribution in [0.3, 0.4) is 0 Å². The molecule has 31 heavy (non-hydrogen) atoms. The minimum atomic E-state index is -3.73. The van der Waals surface area contributed by atoms with Gasteiger partial charge < -0.3 is 19.1 Å². The number of esters is 1. The molecule has 0 unspecified atom stereocenters. The second-order valence-corrected chi connectivity index (χ2v) is 8.73. The Kier molecular flexibility index (Phi) is 6.13. The first-order chi connectivity index (χ1) is 15.0. The summed E-state index contributed by atoms with van der Waals surface area (Å²) >= 11 is 0. The zero-order chi connectivity index (χ0) is 21.8. The molecule has 2 aromatic rings. The van der Waals surface area contributed by atoms with Gasteiger partial charge >= 0.3 is 5.97 Å². The molecule has 0 radical (unpaired) electrons. The van der Waals surface area contributed by atoms with E-state index in [1.54, 1.807) is 35.2 Å². The number of hydrogen-bond acceptors (Lipinski definition) is 7. The van der Waals surface area contributed by atoms with Gasteiger partial charge in [-0.2, -0.15) is 8.42 Å². The van der Waals surface area contributed by atoms with E-state index in [9.17, 15) is 13.2 Å². The molecule has 1 atom stereocenters. The number of fused-ring (bicyclic) bond motifs is 1. The summed E-state index contributed by atoms with van der Waals surface area (Å²) in [6, 6.07) is 13.3. The van der Waals surface area contributed by atoms with Crippen LogP contribution in [0, 0.1) is 0 Å². The predicted octanol–water partition coefficient (Wildman–Crippen LogP) is 2.62. The van der Waals surface area contributed by atoms with E-state index in [0.29, 0.717) is 36.7 Å². The first-order valence-corrected chi connectivity index (χ1v) is 11.7. The largest absolute Gasteiger partial charge is 0.494 e. The van der Waals surface area contributed by atoms with Gasteiger partial charge in [0.2, 0.25) is 0 Å². The van der Waals surface area contributed by atoms with E-state index < -0.39 is 22.0 Å². The molecule has 9 heteroatoms. The van der Waals surface area contributed by atoms with E-state index in [2.05, 4.69) is 4.40 Å². The maximum absolute atomic E-state index is 12.7. The van der Waals surface area contributed by atoms with E-state index >= 15 is 0 Å². The van der Waals surface area contributed by atoms with Gasteiger partial charge in [-0.1, -0.05) is 12.1 Å². The average Bonchev–Trinajstić information content (AvgIpc) is 3.35. The van der Waals surface area contributed by atoms with Crippen LogP contribution in [0.5, 0.6) is 11.5 Å². The summed E-state index contributed by atoms with van der Waals surface area (Å²) in [5.41, 5.74) is 0.529. The zero-order valence-electron chi connectivity index (χ0n) is 17.2. The maximum Gasteiger partial charge on any atom is 0.328 e. The molecule has 2 aliphatic heterocycles. The molecule has 1 saturated heterocycles. The van der Waals surface area contributed by atoms with Gasteiger partial charge in [0.15, 0.2) is 5.84 Å². The highest BCUT2D eigenvalue weighted by molar-refractivity contribution is 7.90. The number of carbonyl (C=O) groups is 1. The van der Waals surface area contributed by atoms with Gasteiger partial charge in [0.05, 0.1) is 6.61 Å². The van der Waals surface area contributed by atoms with Crippen molar-refractivity contribution in [1.29, 1.82) is 0 Å². The van der Waals surface area contributed by atoms with Crippen molar-refractivity contribution >= 4 is 21.8 Å². The van der Waals surface area contributed by atoms with Crippen molar-refractivity contribution in [1.82, 2.24) is 4.90 Å². The lowest BCUT2D eigenvalue weighted by Crippen LogP contribution is -2.41. The standard InChI is InChI=1S/C22H24N2O6S/c1-2-28-16-9-11-17(12-10-16)29-14-15-30-22(25)19-7-5-13-24(19)21-18-6-3-4-8-20(18)31(26,27)23-21/h3-4,6,8-12,19H,2,5,7,13-15H2,1H3/t19-/m1/s1. The second kappa shape index (κ2) is 8.97. The zero-order valence-corrected chi connectivity index (χ0v) is 18.0. The molecule has 4 rings (SSSR count). The molecule has 1 fully saturated rings. The van der Waals surface area contributed by atoms with Crippen LogP contribution in [0.25, 0.3) is 0 Å². The Labute approximate surface area is 181 Å². The highest BCUT2D eigenvalue weighted by atomic mass is 32.2. The fourth-order valence-corrected chi connectivity index (χ4v) is 4.97. The maximum atomic E-state index is 12.7. The summed E-state index contributed by atoms with van der Waals surface area (Å²) in [6.45, 7) is 3.37. The molecule has 0 saturated carbocycles. The fourth-order valence-electron chi connectivity index (χ4n) is 3.76. The van der Waals surface area contributed by atoms with Crippen LogP contribution < -0.4 is 9.47 Å². The normalized spacial score (nSPS) is 18.9. The number of likely N-dealkylation sites (tertiary alicyclic amines) is 1. The topological polar surface area (TPSA) is 94.5 Å². The van der Waals surface area contributed by atoms with Gasteiger partial charge in [-0.15, -0.1) is 4.40 Å². The van der Waals surface area contributed by atoms with Crippen molar-refractivity contribution in [2.24, 2.45) is 4.40 Å². The van der Waals surface area contributed by atoms with Crippen LogP contribution in [0.15, 0.2) is 57.8 Å². The molecule has 2 heterocycles. The fraction of sp³-hybridized carbons (Fsp3) is 0.364. The third-order valence-corrected chi connectivity index (χ3v) is 6.47. The van der Waals surface area contributed by atoms with Gasteiger partial charge in [0.25, 0.3) is 10.0 Å². The van der Waals surface area contributed by atoms with Gasteiger partial charge in [0.1, 0.15) is 35.7 Å². The molecule has 0 spiro atoms. The molecule has 0 bridgehead atoms. The Morgan fingerprint density at radius 2 is 1.77 bits per heavy atom. The molecule has 0 N–H and O–H groups in total. The monoisotopic (exact) mass is 444 g/mol.